The van der Waals surface area contributed by atoms with Gasteiger partial charge in [-0.05, 0) is 25.7 Å². The quantitative estimate of drug-likeness (QED) is 0.339. The molecule has 1 aliphatic heterocycles. The van der Waals surface area contributed by atoms with Crippen molar-refractivity contribution in [2.45, 2.75) is 44.9 Å². The Bertz CT molecular complexity index is 316. The van der Waals surface area contributed by atoms with Crippen molar-refractivity contribution in [3.05, 3.63) is 0 Å². The van der Waals surface area contributed by atoms with Crippen molar-refractivity contribution >= 4 is 11.7 Å². The largest absolute Gasteiger partial charge is 0.409 e. The molecule has 1 saturated carbocycles. The average molecular weight is 253 g/mol. The molecule has 2 fully saturated rings. The summed E-state index contributed by atoms with van der Waals surface area (Å²) in [7, 11) is 0. The number of carbonyl (C=O) groups excluding carboxylic acids is 1. The normalized spacial score (nSPS) is 24.2. The van der Waals surface area contributed by atoms with E-state index in [1.165, 1.54) is 19.3 Å². The molecule has 5 nitrogen and oxygen atoms in total. The lowest BCUT2D eigenvalue weighted by Crippen LogP contribution is -2.44. The molecule has 3 N–H and O–H groups in total. The van der Waals surface area contributed by atoms with Crippen LogP contribution >= 0.6 is 0 Å². The fourth-order valence-corrected chi connectivity index (χ4v) is 3.09. The van der Waals surface area contributed by atoms with Crippen molar-refractivity contribution in [2.75, 3.05) is 13.1 Å². The van der Waals surface area contributed by atoms with E-state index in [4.69, 9.17) is 10.9 Å². The highest BCUT2D eigenvalue weighted by Gasteiger charge is 2.30. The minimum atomic E-state index is 0.130. The molecule has 1 amide bonds. The molecule has 0 aromatic heterocycles. The first-order chi connectivity index (χ1) is 8.72. The first kappa shape index (κ1) is 13.2. The van der Waals surface area contributed by atoms with Gasteiger partial charge in [0.25, 0.3) is 0 Å². The van der Waals surface area contributed by atoms with E-state index in [2.05, 4.69) is 5.16 Å². The molecule has 18 heavy (non-hydrogen) atoms. The Morgan fingerprint density at radius 2 is 1.67 bits per heavy atom. The number of amides is 1. The SMILES string of the molecule is NC(=NO)C1CCN(C(=O)C2CCCCC2)CC1. The zero-order valence-corrected chi connectivity index (χ0v) is 10.8. The molecular weight excluding hydrogens is 230 g/mol. The van der Waals surface area contributed by atoms with Crippen LogP contribution in [-0.4, -0.2) is 34.9 Å². The minimum Gasteiger partial charge on any atom is -0.409 e. The summed E-state index contributed by atoms with van der Waals surface area (Å²) in [6.07, 6.45) is 7.39. The highest BCUT2D eigenvalue weighted by Crippen LogP contribution is 2.27. The van der Waals surface area contributed by atoms with Gasteiger partial charge in [0.1, 0.15) is 5.84 Å². The maximum atomic E-state index is 12.3. The molecule has 0 aromatic rings. The topological polar surface area (TPSA) is 78.9 Å². The second kappa shape index (κ2) is 6.07. The average Bonchev–Trinajstić information content (AvgIpc) is 2.47. The number of rotatable bonds is 2. The summed E-state index contributed by atoms with van der Waals surface area (Å²) < 4.78 is 0. The van der Waals surface area contributed by atoms with Crippen molar-refractivity contribution in [1.29, 1.82) is 0 Å². The van der Waals surface area contributed by atoms with Crippen molar-refractivity contribution < 1.29 is 10.0 Å². The number of likely N-dealkylation sites (tertiary alicyclic amines) is 1. The van der Waals surface area contributed by atoms with E-state index in [9.17, 15) is 4.79 Å². The van der Waals surface area contributed by atoms with Gasteiger partial charge >= 0.3 is 0 Å². The summed E-state index contributed by atoms with van der Waals surface area (Å²) >= 11 is 0. The number of hydrogen-bond donors (Lipinski definition) is 2. The van der Waals surface area contributed by atoms with E-state index in [0.29, 0.717) is 11.7 Å². The fourth-order valence-electron chi connectivity index (χ4n) is 3.09. The fraction of sp³-hybridized carbons (Fsp3) is 0.846. The van der Waals surface area contributed by atoms with Gasteiger partial charge in [0.2, 0.25) is 5.91 Å². The van der Waals surface area contributed by atoms with Gasteiger partial charge in [0.15, 0.2) is 0 Å². The number of hydrogen-bond acceptors (Lipinski definition) is 3. The van der Waals surface area contributed by atoms with Crippen LogP contribution in [0, 0.1) is 11.8 Å². The lowest BCUT2D eigenvalue weighted by molar-refractivity contribution is -0.137. The number of carbonyl (C=O) groups is 1. The second-order valence-corrected chi connectivity index (χ2v) is 5.46. The third-order valence-electron chi connectivity index (χ3n) is 4.29. The molecule has 5 heteroatoms. The van der Waals surface area contributed by atoms with Crippen LogP contribution < -0.4 is 5.73 Å². The van der Waals surface area contributed by atoms with E-state index >= 15 is 0 Å². The van der Waals surface area contributed by atoms with Gasteiger partial charge in [-0.2, -0.15) is 0 Å². The Kier molecular flexibility index (Phi) is 4.44. The minimum absolute atomic E-state index is 0.130. The van der Waals surface area contributed by atoms with Crippen LogP contribution in [0.1, 0.15) is 44.9 Å². The highest BCUT2D eigenvalue weighted by atomic mass is 16.4. The molecule has 0 bridgehead atoms. The maximum Gasteiger partial charge on any atom is 0.225 e. The standard InChI is InChI=1S/C13H23N3O2/c14-12(15-18)10-6-8-16(9-7-10)13(17)11-4-2-1-3-5-11/h10-11,18H,1-9H2,(H2,14,15). The molecule has 2 rings (SSSR count). The van der Waals surface area contributed by atoms with Crippen molar-refractivity contribution in [1.82, 2.24) is 4.90 Å². The van der Waals surface area contributed by atoms with E-state index in [1.807, 2.05) is 4.90 Å². The van der Waals surface area contributed by atoms with E-state index < -0.39 is 0 Å². The molecule has 2 aliphatic rings. The number of nitrogens with zero attached hydrogens (tertiary/aromatic N) is 2. The summed E-state index contributed by atoms with van der Waals surface area (Å²) in [5.41, 5.74) is 5.61. The van der Waals surface area contributed by atoms with Crippen LogP contribution in [0.25, 0.3) is 0 Å². The molecule has 0 unspecified atom stereocenters. The van der Waals surface area contributed by atoms with Crippen LogP contribution in [0.4, 0.5) is 0 Å². The number of piperidine rings is 1. The predicted octanol–water partition coefficient (Wildman–Crippen LogP) is 1.55. The Morgan fingerprint density at radius 3 is 2.22 bits per heavy atom. The van der Waals surface area contributed by atoms with Gasteiger partial charge in [-0.25, -0.2) is 0 Å². The zero-order chi connectivity index (χ0) is 13.0. The molecule has 102 valence electrons. The van der Waals surface area contributed by atoms with Crippen LogP contribution in [0.5, 0.6) is 0 Å². The van der Waals surface area contributed by atoms with Crippen molar-refractivity contribution in [2.24, 2.45) is 22.7 Å². The Balaban J connectivity index is 1.83. The molecule has 1 saturated heterocycles. The van der Waals surface area contributed by atoms with Crippen LogP contribution in [0.15, 0.2) is 5.16 Å². The first-order valence-electron chi connectivity index (χ1n) is 6.98. The Hall–Kier alpha value is -1.26. The number of amidine groups is 1. The third kappa shape index (κ3) is 2.94. The van der Waals surface area contributed by atoms with Gasteiger partial charge in [0.05, 0.1) is 0 Å². The summed E-state index contributed by atoms with van der Waals surface area (Å²) in [5, 5.41) is 11.7. The van der Waals surface area contributed by atoms with Crippen LogP contribution in [-0.2, 0) is 4.79 Å². The van der Waals surface area contributed by atoms with Crippen LogP contribution in [0.3, 0.4) is 0 Å². The van der Waals surface area contributed by atoms with Gasteiger partial charge in [-0.3, -0.25) is 4.79 Å². The summed E-state index contributed by atoms with van der Waals surface area (Å²) in [5.74, 6) is 1.01. The maximum absolute atomic E-state index is 12.3. The molecule has 1 heterocycles. The predicted molar refractivity (Wildman–Crippen MR) is 69.3 cm³/mol. The lowest BCUT2D eigenvalue weighted by atomic mass is 9.87. The lowest BCUT2D eigenvalue weighted by Gasteiger charge is -2.34. The van der Waals surface area contributed by atoms with E-state index in [-0.39, 0.29) is 11.8 Å². The monoisotopic (exact) mass is 253 g/mol. The first-order valence-corrected chi connectivity index (χ1v) is 6.98. The van der Waals surface area contributed by atoms with Gasteiger partial charge in [0, 0.05) is 24.9 Å². The molecule has 0 aromatic carbocycles. The van der Waals surface area contributed by atoms with E-state index in [1.54, 1.807) is 0 Å². The number of oxime groups is 1. The van der Waals surface area contributed by atoms with Crippen molar-refractivity contribution in [3.63, 3.8) is 0 Å². The second-order valence-electron chi connectivity index (χ2n) is 5.46. The summed E-state index contributed by atoms with van der Waals surface area (Å²) in [6.45, 7) is 1.49. The summed E-state index contributed by atoms with van der Waals surface area (Å²) in [4.78, 5) is 14.3. The van der Waals surface area contributed by atoms with E-state index in [0.717, 1.165) is 38.8 Å². The van der Waals surface area contributed by atoms with Crippen LogP contribution in [0.2, 0.25) is 0 Å². The Morgan fingerprint density at radius 1 is 1.06 bits per heavy atom. The van der Waals surface area contributed by atoms with Gasteiger partial charge < -0.3 is 15.8 Å². The van der Waals surface area contributed by atoms with Gasteiger partial charge in [-0.1, -0.05) is 24.4 Å². The Labute approximate surface area is 108 Å². The number of nitrogens with two attached hydrogens (primary N) is 1. The zero-order valence-electron chi connectivity index (χ0n) is 10.8. The van der Waals surface area contributed by atoms with Gasteiger partial charge in [-0.15, -0.1) is 0 Å². The third-order valence-corrected chi connectivity index (χ3v) is 4.29. The molecule has 0 radical (unpaired) electrons. The molecule has 1 aliphatic carbocycles. The highest BCUT2D eigenvalue weighted by molar-refractivity contribution is 5.83. The smallest absolute Gasteiger partial charge is 0.225 e. The molecule has 0 spiro atoms. The molecule has 0 atom stereocenters. The molecular formula is C13H23N3O2. The van der Waals surface area contributed by atoms with Crippen molar-refractivity contribution in [3.8, 4) is 0 Å². The summed E-state index contributed by atoms with van der Waals surface area (Å²) in [6, 6.07) is 0.